The average molecular weight is 333 g/mol. The SMILES string of the molecule is O=C(Nc1nnc(CSc2ccccc2)s1)c1cccs1. The lowest BCUT2D eigenvalue weighted by Gasteiger charge is -1.97. The molecule has 7 heteroatoms. The number of aromatic nitrogens is 2. The van der Waals surface area contributed by atoms with Gasteiger partial charge in [0.1, 0.15) is 5.01 Å². The maximum Gasteiger partial charge on any atom is 0.267 e. The van der Waals surface area contributed by atoms with Crippen LogP contribution in [0.3, 0.4) is 0 Å². The fraction of sp³-hybridized carbons (Fsp3) is 0.0714. The van der Waals surface area contributed by atoms with Crippen LogP contribution in [0.2, 0.25) is 0 Å². The van der Waals surface area contributed by atoms with Crippen LogP contribution in [0.25, 0.3) is 0 Å². The van der Waals surface area contributed by atoms with Crippen LogP contribution in [0.4, 0.5) is 5.13 Å². The van der Waals surface area contributed by atoms with E-state index in [1.165, 1.54) is 27.6 Å². The molecule has 0 aliphatic heterocycles. The van der Waals surface area contributed by atoms with Crippen LogP contribution in [0.1, 0.15) is 14.7 Å². The van der Waals surface area contributed by atoms with Gasteiger partial charge in [0.05, 0.1) is 10.6 Å². The number of amides is 1. The second kappa shape index (κ2) is 6.84. The number of nitrogens with one attached hydrogen (secondary N) is 1. The number of hydrogen-bond donors (Lipinski definition) is 1. The molecule has 0 spiro atoms. The number of carbonyl (C=O) groups is 1. The van der Waals surface area contributed by atoms with Gasteiger partial charge < -0.3 is 0 Å². The number of rotatable bonds is 5. The van der Waals surface area contributed by atoms with Gasteiger partial charge in [-0.05, 0) is 23.6 Å². The molecule has 0 atom stereocenters. The zero-order valence-electron chi connectivity index (χ0n) is 10.9. The topological polar surface area (TPSA) is 54.9 Å². The number of carbonyl (C=O) groups excluding carboxylic acids is 1. The van der Waals surface area contributed by atoms with Crippen molar-refractivity contribution in [2.45, 2.75) is 10.6 Å². The van der Waals surface area contributed by atoms with E-state index < -0.39 is 0 Å². The highest BCUT2D eigenvalue weighted by molar-refractivity contribution is 7.98. The van der Waals surface area contributed by atoms with E-state index in [1.807, 2.05) is 29.6 Å². The van der Waals surface area contributed by atoms with Gasteiger partial charge in [-0.15, -0.1) is 33.3 Å². The Morgan fingerprint density at radius 2 is 2.00 bits per heavy atom. The van der Waals surface area contributed by atoms with Crippen molar-refractivity contribution in [1.29, 1.82) is 0 Å². The van der Waals surface area contributed by atoms with Crippen LogP contribution in [0.5, 0.6) is 0 Å². The van der Waals surface area contributed by atoms with Crippen molar-refractivity contribution in [2.24, 2.45) is 0 Å². The highest BCUT2D eigenvalue weighted by Crippen LogP contribution is 2.26. The number of anilines is 1. The molecule has 3 aromatic rings. The summed E-state index contributed by atoms with van der Waals surface area (Å²) in [5, 5.41) is 14.2. The number of benzene rings is 1. The molecule has 1 amide bonds. The molecular formula is C14H11N3OS3. The quantitative estimate of drug-likeness (QED) is 0.713. The molecule has 3 rings (SSSR count). The van der Waals surface area contributed by atoms with Gasteiger partial charge in [-0.3, -0.25) is 10.1 Å². The molecule has 0 saturated heterocycles. The van der Waals surface area contributed by atoms with Crippen LogP contribution >= 0.6 is 34.4 Å². The van der Waals surface area contributed by atoms with E-state index in [9.17, 15) is 4.79 Å². The van der Waals surface area contributed by atoms with Gasteiger partial charge >= 0.3 is 0 Å². The minimum atomic E-state index is -0.136. The maximum atomic E-state index is 11.9. The third kappa shape index (κ3) is 3.90. The van der Waals surface area contributed by atoms with Crippen LogP contribution in [-0.4, -0.2) is 16.1 Å². The Balaban J connectivity index is 1.57. The van der Waals surface area contributed by atoms with E-state index in [2.05, 4.69) is 27.6 Å². The summed E-state index contributed by atoms with van der Waals surface area (Å²) in [6.07, 6.45) is 0. The summed E-state index contributed by atoms with van der Waals surface area (Å²) in [7, 11) is 0. The van der Waals surface area contributed by atoms with Crippen molar-refractivity contribution in [3.8, 4) is 0 Å². The van der Waals surface area contributed by atoms with Gasteiger partial charge in [-0.2, -0.15) is 0 Å². The van der Waals surface area contributed by atoms with Crippen molar-refractivity contribution in [3.05, 3.63) is 57.7 Å². The molecule has 0 bridgehead atoms. The Morgan fingerprint density at radius 1 is 1.14 bits per heavy atom. The Kier molecular flexibility index (Phi) is 4.64. The minimum absolute atomic E-state index is 0.136. The first-order valence-corrected chi connectivity index (χ1v) is 8.84. The smallest absolute Gasteiger partial charge is 0.267 e. The van der Waals surface area contributed by atoms with Gasteiger partial charge in [-0.1, -0.05) is 35.6 Å². The molecule has 1 N–H and O–H groups in total. The molecule has 0 aliphatic carbocycles. The second-order valence-corrected chi connectivity index (χ2v) is 7.09. The first-order valence-electron chi connectivity index (χ1n) is 6.16. The fourth-order valence-corrected chi connectivity index (χ4v) is 3.85. The molecule has 106 valence electrons. The van der Waals surface area contributed by atoms with E-state index in [0.29, 0.717) is 10.0 Å². The lowest BCUT2D eigenvalue weighted by Crippen LogP contribution is -2.09. The van der Waals surface area contributed by atoms with Crippen molar-refractivity contribution in [3.63, 3.8) is 0 Å². The monoisotopic (exact) mass is 333 g/mol. The third-order valence-electron chi connectivity index (χ3n) is 2.54. The number of thioether (sulfide) groups is 1. The van der Waals surface area contributed by atoms with E-state index in [4.69, 9.17) is 0 Å². The molecule has 2 heterocycles. The Labute approximate surface area is 134 Å². The van der Waals surface area contributed by atoms with E-state index in [-0.39, 0.29) is 5.91 Å². The maximum absolute atomic E-state index is 11.9. The summed E-state index contributed by atoms with van der Waals surface area (Å²) in [6.45, 7) is 0. The summed E-state index contributed by atoms with van der Waals surface area (Å²) >= 11 is 4.51. The van der Waals surface area contributed by atoms with Gasteiger partial charge in [0, 0.05) is 4.90 Å². The number of hydrogen-bond acceptors (Lipinski definition) is 6. The van der Waals surface area contributed by atoms with Gasteiger partial charge in [0.2, 0.25) is 5.13 Å². The highest BCUT2D eigenvalue weighted by Gasteiger charge is 2.11. The van der Waals surface area contributed by atoms with Crippen molar-refractivity contribution >= 4 is 45.5 Å². The van der Waals surface area contributed by atoms with Crippen molar-refractivity contribution < 1.29 is 4.79 Å². The fourth-order valence-electron chi connectivity index (χ4n) is 1.59. The predicted molar refractivity (Wildman–Crippen MR) is 88.2 cm³/mol. The van der Waals surface area contributed by atoms with E-state index in [1.54, 1.807) is 17.8 Å². The first-order chi connectivity index (χ1) is 10.3. The standard InChI is InChI=1S/C14H11N3OS3/c18-13(11-7-4-8-19-11)15-14-17-16-12(21-14)9-20-10-5-2-1-3-6-10/h1-8H,9H2,(H,15,17,18). The molecule has 0 fully saturated rings. The molecule has 0 saturated carbocycles. The van der Waals surface area contributed by atoms with Gasteiger partial charge in [0.25, 0.3) is 5.91 Å². The first kappa shape index (κ1) is 14.2. The molecule has 21 heavy (non-hydrogen) atoms. The number of nitrogens with zero attached hydrogens (tertiary/aromatic N) is 2. The van der Waals surface area contributed by atoms with Crippen LogP contribution < -0.4 is 5.32 Å². The second-order valence-electron chi connectivity index (χ2n) is 4.03. The zero-order valence-corrected chi connectivity index (χ0v) is 13.3. The van der Waals surface area contributed by atoms with Crippen molar-refractivity contribution in [2.75, 3.05) is 5.32 Å². The Morgan fingerprint density at radius 3 is 2.76 bits per heavy atom. The summed E-state index contributed by atoms with van der Waals surface area (Å²) < 4.78 is 0. The largest absolute Gasteiger partial charge is 0.296 e. The third-order valence-corrected chi connectivity index (χ3v) is 5.45. The highest BCUT2D eigenvalue weighted by atomic mass is 32.2. The van der Waals surface area contributed by atoms with Crippen molar-refractivity contribution in [1.82, 2.24) is 10.2 Å². The molecule has 1 aromatic carbocycles. The summed E-state index contributed by atoms with van der Waals surface area (Å²) in [4.78, 5) is 13.8. The lowest BCUT2D eigenvalue weighted by atomic mass is 10.4. The van der Waals surface area contributed by atoms with Crippen LogP contribution in [0, 0.1) is 0 Å². The molecule has 2 aromatic heterocycles. The molecule has 0 unspecified atom stereocenters. The van der Waals surface area contributed by atoms with Gasteiger partial charge in [0.15, 0.2) is 0 Å². The summed E-state index contributed by atoms with van der Waals surface area (Å²) in [5.74, 6) is 0.611. The zero-order chi connectivity index (χ0) is 14.5. The number of thiophene rings is 1. The summed E-state index contributed by atoms with van der Waals surface area (Å²) in [5.41, 5.74) is 0. The Hall–Kier alpha value is -1.70. The van der Waals surface area contributed by atoms with E-state index >= 15 is 0 Å². The van der Waals surface area contributed by atoms with Crippen LogP contribution in [-0.2, 0) is 5.75 Å². The summed E-state index contributed by atoms with van der Waals surface area (Å²) in [6, 6.07) is 13.8. The molecule has 0 aliphatic rings. The van der Waals surface area contributed by atoms with Gasteiger partial charge in [-0.25, -0.2) is 0 Å². The normalized spacial score (nSPS) is 10.5. The molecular weight excluding hydrogens is 322 g/mol. The van der Waals surface area contributed by atoms with E-state index in [0.717, 1.165) is 10.8 Å². The molecule has 4 nitrogen and oxygen atoms in total. The lowest BCUT2D eigenvalue weighted by molar-refractivity contribution is 0.103. The molecule has 0 radical (unpaired) electrons. The van der Waals surface area contributed by atoms with Crippen LogP contribution in [0.15, 0.2) is 52.7 Å². The minimum Gasteiger partial charge on any atom is -0.296 e. The average Bonchev–Trinajstić information content (AvgIpc) is 3.18. The predicted octanol–water partition coefficient (Wildman–Crippen LogP) is 4.14. The Bertz CT molecular complexity index is 710.